The number of nitrogens with zero attached hydrogens (tertiary/aromatic N) is 1. The van der Waals surface area contributed by atoms with Gasteiger partial charge in [-0.2, -0.15) is 4.31 Å². The first-order valence-electron chi connectivity index (χ1n) is 6.48. The van der Waals surface area contributed by atoms with Gasteiger partial charge in [0.2, 0.25) is 10.0 Å². The van der Waals surface area contributed by atoms with E-state index >= 15 is 0 Å². The van der Waals surface area contributed by atoms with Crippen LogP contribution in [0.5, 0.6) is 0 Å². The molecule has 2 rings (SSSR count). The molecule has 0 spiro atoms. The van der Waals surface area contributed by atoms with Gasteiger partial charge in [-0.3, -0.25) is 0 Å². The van der Waals surface area contributed by atoms with Crippen LogP contribution in [0.1, 0.15) is 12.8 Å². The van der Waals surface area contributed by atoms with Gasteiger partial charge in [0.25, 0.3) is 0 Å². The Balaban J connectivity index is 2.04. The lowest BCUT2D eigenvalue weighted by atomic mass is 10.1. The molecule has 20 heavy (non-hydrogen) atoms. The third-order valence-corrected chi connectivity index (χ3v) is 5.54. The molecule has 0 aromatic heterocycles. The van der Waals surface area contributed by atoms with Crippen molar-refractivity contribution in [1.82, 2.24) is 4.31 Å². The number of piperidine rings is 1. The Morgan fingerprint density at radius 2 is 1.95 bits per heavy atom. The largest absolute Gasteiger partial charge is 0.377 e. The summed E-state index contributed by atoms with van der Waals surface area (Å²) in [5.41, 5.74) is 0. The van der Waals surface area contributed by atoms with Gasteiger partial charge in [-0.05, 0) is 25.0 Å². The summed E-state index contributed by atoms with van der Waals surface area (Å²) in [7, 11) is -3.74. The van der Waals surface area contributed by atoms with Crippen molar-refractivity contribution in [2.24, 2.45) is 0 Å². The maximum Gasteiger partial charge on any atom is 0.245 e. The van der Waals surface area contributed by atoms with Gasteiger partial charge in [0, 0.05) is 18.4 Å². The van der Waals surface area contributed by atoms with E-state index in [-0.39, 0.29) is 11.0 Å². The van der Waals surface area contributed by atoms with Gasteiger partial charge in [0.1, 0.15) is 10.7 Å². The van der Waals surface area contributed by atoms with Crippen LogP contribution in [0.15, 0.2) is 29.2 Å². The van der Waals surface area contributed by atoms with Crippen LogP contribution in [0, 0.1) is 5.82 Å². The lowest BCUT2D eigenvalue weighted by Gasteiger charge is -2.31. The minimum atomic E-state index is -3.74. The van der Waals surface area contributed by atoms with Crippen LogP contribution in [0.2, 0.25) is 0 Å². The SMILES string of the molecule is O=S(=O)(c1ccccc1F)N1CCC(OCCBr)CC1. The molecule has 0 radical (unpaired) electrons. The average molecular weight is 366 g/mol. The average Bonchev–Trinajstić information content (AvgIpc) is 2.46. The van der Waals surface area contributed by atoms with E-state index in [1.54, 1.807) is 0 Å². The molecule has 1 fully saturated rings. The van der Waals surface area contributed by atoms with Crippen LogP contribution >= 0.6 is 15.9 Å². The molecule has 0 aliphatic carbocycles. The Labute approximate surface area is 127 Å². The normalized spacial score (nSPS) is 18.3. The molecule has 0 amide bonds. The summed E-state index contributed by atoms with van der Waals surface area (Å²) < 4.78 is 45.3. The number of sulfonamides is 1. The number of halogens is 2. The molecule has 112 valence electrons. The maximum atomic E-state index is 13.6. The summed E-state index contributed by atoms with van der Waals surface area (Å²) in [4.78, 5) is -0.250. The van der Waals surface area contributed by atoms with E-state index in [1.807, 2.05) is 0 Å². The van der Waals surface area contributed by atoms with E-state index < -0.39 is 15.8 Å². The van der Waals surface area contributed by atoms with Gasteiger partial charge in [-0.25, -0.2) is 12.8 Å². The van der Waals surface area contributed by atoms with Crippen molar-refractivity contribution in [1.29, 1.82) is 0 Å². The Kier molecular flexibility index (Phi) is 5.54. The minimum absolute atomic E-state index is 0.0830. The highest BCUT2D eigenvalue weighted by atomic mass is 79.9. The molecule has 0 unspecified atom stereocenters. The fourth-order valence-corrected chi connectivity index (χ4v) is 3.96. The molecule has 1 aliphatic rings. The minimum Gasteiger partial charge on any atom is -0.377 e. The zero-order chi connectivity index (χ0) is 14.6. The second-order valence-corrected chi connectivity index (χ2v) is 7.29. The zero-order valence-electron chi connectivity index (χ0n) is 11.0. The summed E-state index contributed by atoms with van der Waals surface area (Å²) >= 11 is 3.29. The standard InChI is InChI=1S/C13H17BrFNO3S/c14-7-10-19-11-5-8-16(9-6-11)20(17,18)13-4-2-1-3-12(13)15/h1-4,11H,5-10H2. The molecule has 1 aliphatic heterocycles. The van der Waals surface area contributed by atoms with Crippen molar-refractivity contribution in [3.8, 4) is 0 Å². The van der Waals surface area contributed by atoms with Crippen LogP contribution < -0.4 is 0 Å². The Bertz CT molecular complexity index is 544. The Morgan fingerprint density at radius 3 is 2.55 bits per heavy atom. The van der Waals surface area contributed by atoms with Crippen LogP contribution in [0.4, 0.5) is 4.39 Å². The monoisotopic (exact) mass is 365 g/mol. The van der Waals surface area contributed by atoms with Crippen LogP contribution in [0.3, 0.4) is 0 Å². The van der Waals surface area contributed by atoms with Crippen LogP contribution in [-0.4, -0.2) is 43.9 Å². The molecule has 1 saturated heterocycles. The molecule has 0 saturated carbocycles. The predicted octanol–water partition coefficient (Wildman–Crippen LogP) is 2.39. The molecule has 7 heteroatoms. The molecule has 1 aromatic rings. The summed E-state index contributed by atoms with van der Waals surface area (Å²) in [6, 6.07) is 5.48. The van der Waals surface area contributed by atoms with Crippen molar-refractivity contribution >= 4 is 26.0 Å². The quantitative estimate of drug-likeness (QED) is 0.752. The van der Waals surface area contributed by atoms with E-state index in [0.29, 0.717) is 32.5 Å². The van der Waals surface area contributed by atoms with Crippen molar-refractivity contribution in [3.05, 3.63) is 30.1 Å². The number of hydrogen-bond donors (Lipinski definition) is 0. The highest BCUT2D eigenvalue weighted by Crippen LogP contribution is 2.23. The van der Waals surface area contributed by atoms with Crippen LogP contribution in [0.25, 0.3) is 0 Å². The number of alkyl halides is 1. The molecule has 1 aromatic carbocycles. The first kappa shape index (κ1) is 15.9. The fourth-order valence-electron chi connectivity index (χ4n) is 2.24. The molecule has 0 N–H and O–H groups in total. The molecular weight excluding hydrogens is 349 g/mol. The summed E-state index contributed by atoms with van der Waals surface area (Å²) in [5, 5.41) is 0.765. The summed E-state index contributed by atoms with van der Waals surface area (Å²) in [6.45, 7) is 1.35. The lowest BCUT2D eigenvalue weighted by Crippen LogP contribution is -2.41. The van der Waals surface area contributed by atoms with E-state index in [0.717, 1.165) is 5.33 Å². The predicted molar refractivity (Wildman–Crippen MR) is 77.9 cm³/mol. The fraction of sp³-hybridized carbons (Fsp3) is 0.538. The van der Waals surface area contributed by atoms with E-state index in [1.165, 1.54) is 28.6 Å². The highest BCUT2D eigenvalue weighted by Gasteiger charge is 2.31. The van der Waals surface area contributed by atoms with Gasteiger partial charge < -0.3 is 4.74 Å². The van der Waals surface area contributed by atoms with Crippen molar-refractivity contribution in [2.75, 3.05) is 25.0 Å². The van der Waals surface area contributed by atoms with Gasteiger partial charge in [-0.15, -0.1) is 0 Å². The molecule has 4 nitrogen and oxygen atoms in total. The number of benzene rings is 1. The second kappa shape index (κ2) is 6.98. The molecule has 1 heterocycles. The van der Waals surface area contributed by atoms with E-state index in [2.05, 4.69) is 15.9 Å². The van der Waals surface area contributed by atoms with Gasteiger partial charge >= 0.3 is 0 Å². The van der Waals surface area contributed by atoms with Gasteiger partial charge in [0.05, 0.1) is 12.7 Å². The van der Waals surface area contributed by atoms with Gasteiger partial charge in [0.15, 0.2) is 0 Å². The highest BCUT2D eigenvalue weighted by molar-refractivity contribution is 9.09. The lowest BCUT2D eigenvalue weighted by molar-refractivity contribution is 0.0309. The van der Waals surface area contributed by atoms with Crippen molar-refractivity contribution in [3.63, 3.8) is 0 Å². The smallest absolute Gasteiger partial charge is 0.245 e. The number of rotatable bonds is 5. The number of ether oxygens (including phenoxy) is 1. The molecule has 0 atom stereocenters. The third-order valence-electron chi connectivity index (χ3n) is 3.29. The summed E-state index contributed by atoms with van der Waals surface area (Å²) in [6.07, 6.45) is 1.36. The van der Waals surface area contributed by atoms with E-state index in [4.69, 9.17) is 4.74 Å². The third kappa shape index (κ3) is 3.58. The van der Waals surface area contributed by atoms with Crippen molar-refractivity contribution in [2.45, 2.75) is 23.8 Å². The molecular formula is C13H17BrFNO3S. The van der Waals surface area contributed by atoms with Gasteiger partial charge in [-0.1, -0.05) is 28.1 Å². The number of hydrogen-bond acceptors (Lipinski definition) is 3. The van der Waals surface area contributed by atoms with Crippen LogP contribution in [-0.2, 0) is 14.8 Å². The Hall–Kier alpha value is -0.500. The first-order valence-corrected chi connectivity index (χ1v) is 9.04. The topological polar surface area (TPSA) is 46.6 Å². The summed E-state index contributed by atoms with van der Waals surface area (Å²) in [5.74, 6) is -0.704. The van der Waals surface area contributed by atoms with E-state index in [9.17, 15) is 12.8 Å². The zero-order valence-corrected chi connectivity index (χ0v) is 13.4. The second-order valence-electron chi connectivity index (χ2n) is 4.59. The molecule has 0 bridgehead atoms. The maximum absolute atomic E-state index is 13.6. The first-order chi connectivity index (χ1) is 9.55. The Morgan fingerprint density at radius 1 is 1.30 bits per heavy atom. The van der Waals surface area contributed by atoms with Crippen molar-refractivity contribution < 1.29 is 17.5 Å².